The van der Waals surface area contributed by atoms with Crippen molar-refractivity contribution < 1.29 is 18.6 Å². The molecule has 5 nitrogen and oxygen atoms in total. The normalized spacial score (nSPS) is 15.9. The number of fused-ring (bicyclic) bond motifs is 4. The number of rotatable bonds is 3. The largest absolute Gasteiger partial charge is 0.495 e. The van der Waals surface area contributed by atoms with Gasteiger partial charge in [-0.15, -0.1) is 11.3 Å². The van der Waals surface area contributed by atoms with Crippen LogP contribution in [0.5, 0.6) is 17.2 Å². The van der Waals surface area contributed by atoms with Crippen LogP contribution in [0.3, 0.4) is 0 Å². The number of halogens is 1. The molecule has 28 heavy (non-hydrogen) atoms. The van der Waals surface area contributed by atoms with Gasteiger partial charge in [0.1, 0.15) is 34.8 Å². The number of thiazole rings is 1. The second-order valence-corrected chi connectivity index (χ2v) is 7.72. The Morgan fingerprint density at radius 3 is 3.00 bits per heavy atom. The standard InChI is InChI=1S/C21H17FN2O3S/c1-11-10-26-19-17(27-11)4-3-16-20(19)28-21(24-16)15-6-12(8-22)5-13-7-14(25-2)9-23-18(13)15/h3-7,9,11H,8,10H2,1-2H3/t11-/m1/s1. The van der Waals surface area contributed by atoms with Gasteiger partial charge in [0, 0.05) is 10.9 Å². The molecule has 1 aliphatic rings. The summed E-state index contributed by atoms with van der Waals surface area (Å²) in [7, 11) is 1.59. The smallest absolute Gasteiger partial charge is 0.180 e. The highest BCUT2D eigenvalue weighted by molar-refractivity contribution is 7.22. The first-order chi connectivity index (χ1) is 13.7. The number of ether oxygens (including phenoxy) is 3. The summed E-state index contributed by atoms with van der Waals surface area (Å²) in [6, 6.07) is 9.27. The SMILES string of the molecule is COc1cnc2c(-c3nc4ccc5c(c4s3)OC[C@@H](C)O5)cc(CF)cc2c1. The van der Waals surface area contributed by atoms with Crippen LogP contribution in [-0.4, -0.2) is 29.8 Å². The fraction of sp³-hybridized carbons (Fsp3) is 0.238. The molecule has 1 aliphatic heterocycles. The zero-order chi connectivity index (χ0) is 19.3. The Morgan fingerprint density at radius 1 is 1.29 bits per heavy atom. The molecule has 4 aromatic rings. The van der Waals surface area contributed by atoms with Gasteiger partial charge in [0.2, 0.25) is 0 Å². The summed E-state index contributed by atoms with van der Waals surface area (Å²) in [6.45, 7) is 1.91. The first kappa shape index (κ1) is 17.2. The fourth-order valence-electron chi connectivity index (χ4n) is 3.39. The number of aromatic nitrogens is 2. The van der Waals surface area contributed by atoms with Crippen molar-refractivity contribution in [3.8, 4) is 27.8 Å². The van der Waals surface area contributed by atoms with Crippen molar-refractivity contribution in [2.75, 3.05) is 13.7 Å². The van der Waals surface area contributed by atoms with Crippen LogP contribution in [0.15, 0.2) is 36.5 Å². The molecule has 2 aromatic carbocycles. The number of benzene rings is 2. The van der Waals surface area contributed by atoms with E-state index in [0.29, 0.717) is 17.9 Å². The third-order valence-electron chi connectivity index (χ3n) is 4.70. The van der Waals surface area contributed by atoms with Gasteiger partial charge in [-0.3, -0.25) is 4.98 Å². The van der Waals surface area contributed by atoms with Crippen molar-refractivity contribution >= 4 is 32.5 Å². The van der Waals surface area contributed by atoms with Crippen LogP contribution in [0.4, 0.5) is 4.39 Å². The van der Waals surface area contributed by atoms with Crippen LogP contribution >= 0.6 is 11.3 Å². The molecule has 7 heteroatoms. The lowest BCUT2D eigenvalue weighted by atomic mass is 10.1. The zero-order valence-electron chi connectivity index (χ0n) is 15.4. The van der Waals surface area contributed by atoms with Crippen molar-refractivity contribution in [2.24, 2.45) is 0 Å². The molecule has 0 spiro atoms. The first-order valence-electron chi connectivity index (χ1n) is 8.92. The third kappa shape index (κ3) is 2.74. The minimum absolute atomic E-state index is 0.0155. The van der Waals surface area contributed by atoms with Crippen molar-refractivity contribution in [1.82, 2.24) is 9.97 Å². The fourth-order valence-corrected chi connectivity index (χ4v) is 4.46. The van der Waals surface area contributed by atoms with Crippen molar-refractivity contribution in [2.45, 2.75) is 19.7 Å². The van der Waals surface area contributed by atoms with Gasteiger partial charge >= 0.3 is 0 Å². The number of hydrogen-bond acceptors (Lipinski definition) is 6. The molecule has 0 unspecified atom stereocenters. The lowest BCUT2D eigenvalue weighted by Gasteiger charge is -2.23. The average Bonchev–Trinajstić information content (AvgIpc) is 3.16. The Balaban J connectivity index is 1.72. The van der Waals surface area contributed by atoms with E-state index in [4.69, 9.17) is 19.2 Å². The summed E-state index contributed by atoms with van der Waals surface area (Å²) >= 11 is 1.50. The summed E-state index contributed by atoms with van der Waals surface area (Å²) in [4.78, 5) is 9.30. The molecule has 0 saturated carbocycles. The van der Waals surface area contributed by atoms with E-state index in [2.05, 4.69) is 4.98 Å². The van der Waals surface area contributed by atoms with Gasteiger partial charge in [0.05, 0.1) is 24.3 Å². The Hall–Kier alpha value is -2.93. The van der Waals surface area contributed by atoms with E-state index in [9.17, 15) is 4.39 Å². The summed E-state index contributed by atoms with van der Waals surface area (Å²) in [5, 5.41) is 1.59. The van der Waals surface area contributed by atoms with Crippen molar-refractivity contribution in [1.29, 1.82) is 0 Å². The van der Waals surface area contributed by atoms with E-state index >= 15 is 0 Å². The molecule has 0 N–H and O–H groups in total. The number of nitrogens with zero attached hydrogens (tertiary/aromatic N) is 2. The monoisotopic (exact) mass is 396 g/mol. The summed E-state index contributed by atoms with van der Waals surface area (Å²) < 4.78 is 31.5. The van der Waals surface area contributed by atoms with Crippen molar-refractivity contribution in [3.63, 3.8) is 0 Å². The topological polar surface area (TPSA) is 53.5 Å². The number of hydrogen-bond donors (Lipinski definition) is 0. The molecule has 0 saturated heterocycles. The lowest BCUT2D eigenvalue weighted by Crippen LogP contribution is -2.25. The molecular formula is C21H17FN2O3S. The van der Waals surface area contributed by atoms with Crippen LogP contribution in [0.25, 0.3) is 31.7 Å². The van der Waals surface area contributed by atoms with Crippen LogP contribution in [0, 0.1) is 0 Å². The van der Waals surface area contributed by atoms with Crippen LogP contribution < -0.4 is 14.2 Å². The molecule has 0 bridgehead atoms. The molecule has 142 valence electrons. The van der Waals surface area contributed by atoms with Gasteiger partial charge in [0.15, 0.2) is 11.5 Å². The predicted molar refractivity (Wildman–Crippen MR) is 107 cm³/mol. The lowest BCUT2D eigenvalue weighted by molar-refractivity contribution is 0.106. The molecular weight excluding hydrogens is 379 g/mol. The van der Waals surface area contributed by atoms with E-state index in [-0.39, 0.29) is 6.10 Å². The van der Waals surface area contributed by atoms with Crippen molar-refractivity contribution in [3.05, 3.63) is 42.1 Å². The Labute approximate surface area is 164 Å². The Bertz CT molecular complexity index is 1200. The average molecular weight is 396 g/mol. The van der Waals surface area contributed by atoms with E-state index in [1.54, 1.807) is 19.4 Å². The third-order valence-corrected chi connectivity index (χ3v) is 5.81. The maximum atomic E-state index is 13.5. The molecule has 2 aromatic heterocycles. The van der Waals surface area contributed by atoms with Crippen LogP contribution in [0.2, 0.25) is 0 Å². The number of methoxy groups -OCH3 is 1. The highest BCUT2D eigenvalue weighted by atomic mass is 32.1. The molecule has 5 rings (SSSR count). The van der Waals surface area contributed by atoms with Gasteiger partial charge < -0.3 is 14.2 Å². The molecule has 0 aliphatic carbocycles. The maximum absolute atomic E-state index is 13.5. The van der Waals surface area contributed by atoms with E-state index in [1.165, 1.54) is 11.3 Å². The van der Waals surface area contributed by atoms with Gasteiger partial charge in [0.25, 0.3) is 0 Å². The molecule has 0 fully saturated rings. The minimum Gasteiger partial charge on any atom is -0.495 e. The number of alkyl halides is 1. The highest BCUT2D eigenvalue weighted by Crippen LogP contribution is 2.44. The van der Waals surface area contributed by atoms with Gasteiger partial charge in [-0.25, -0.2) is 9.37 Å². The second-order valence-electron chi connectivity index (χ2n) is 6.72. The molecule has 1 atom stereocenters. The second kappa shape index (κ2) is 6.60. The van der Waals surface area contributed by atoms with E-state index < -0.39 is 6.67 Å². The number of pyridine rings is 1. The highest BCUT2D eigenvalue weighted by Gasteiger charge is 2.23. The Kier molecular flexibility index (Phi) is 4.05. The summed E-state index contributed by atoms with van der Waals surface area (Å²) in [5.41, 5.74) is 2.96. The summed E-state index contributed by atoms with van der Waals surface area (Å²) in [5.74, 6) is 2.08. The van der Waals surface area contributed by atoms with E-state index in [1.807, 2.05) is 31.2 Å². The van der Waals surface area contributed by atoms with Gasteiger partial charge in [-0.2, -0.15) is 0 Å². The molecule has 3 heterocycles. The minimum atomic E-state index is -0.560. The van der Waals surface area contributed by atoms with Crippen LogP contribution in [0.1, 0.15) is 12.5 Å². The molecule has 0 radical (unpaired) electrons. The maximum Gasteiger partial charge on any atom is 0.180 e. The zero-order valence-corrected chi connectivity index (χ0v) is 16.2. The van der Waals surface area contributed by atoms with Crippen LogP contribution in [-0.2, 0) is 6.67 Å². The van der Waals surface area contributed by atoms with E-state index in [0.717, 1.165) is 43.2 Å². The Morgan fingerprint density at radius 2 is 2.18 bits per heavy atom. The predicted octanol–water partition coefficient (Wildman–Crippen LogP) is 5.15. The quantitative estimate of drug-likeness (QED) is 0.479. The summed E-state index contributed by atoms with van der Waals surface area (Å²) in [6.07, 6.45) is 1.68. The molecule has 0 amide bonds. The van der Waals surface area contributed by atoms with Gasteiger partial charge in [-0.1, -0.05) is 0 Å². The van der Waals surface area contributed by atoms with Gasteiger partial charge in [-0.05, 0) is 42.8 Å². The first-order valence-corrected chi connectivity index (χ1v) is 9.74.